The molecule has 0 saturated heterocycles. The molecule has 100 valence electrons. The van der Waals surface area contributed by atoms with Gasteiger partial charge in [-0.15, -0.1) is 0 Å². The van der Waals surface area contributed by atoms with Gasteiger partial charge in [0.25, 0.3) is 0 Å². The van der Waals surface area contributed by atoms with Crippen LogP contribution in [0.25, 0.3) is 0 Å². The Hall–Kier alpha value is -1.60. The summed E-state index contributed by atoms with van der Waals surface area (Å²) in [5.41, 5.74) is 7.28. The molecule has 4 N–H and O–H groups in total. The number of Topliss-reactive ketones (excluding diaryl/α,β-unsaturated/α-hetero) is 1. The molecule has 1 aromatic carbocycles. The number of carbonyl (C=O) groups is 1. The van der Waals surface area contributed by atoms with Gasteiger partial charge in [0.2, 0.25) is 10.0 Å². The number of nitrogens with two attached hydrogens (primary N) is 1. The fourth-order valence-electron chi connectivity index (χ4n) is 1.41. The summed E-state index contributed by atoms with van der Waals surface area (Å²) in [5.74, 6) is -0.106. The Morgan fingerprint density at radius 3 is 2.56 bits per heavy atom. The predicted octanol–water partition coefficient (Wildman–Crippen LogP) is 0.432. The maximum atomic E-state index is 11.3. The zero-order chi connectivity index (χ0) is 13.8. The predicted molar refractivity (Wildman–Crippen MR) is 72.2 cm³/mol. The van der Waals surface area contributed by atoms with Crippen LogP contribution in [-0.4, -0.2) is 33.5 Å². The standard InChI is InChI=1S/C11H17N3O3S/c1-8(15)10-7-9(3-4-11(10)12)13-5-6-14-18(2,16)17/h3-4,7,13-14H,5-6,12H2,1-2H3. The quantitative estimate of drug-likeness (QED) is 0.396. The molecule has 0 radical (unpaired) electrons. The topological polar surface area (TPSA) is 101 Å². The third kappa shape index (κ3) is 4.72. The Kier molecular flexibility index (Phi) is 4.69. The molecule has 1 aromatic rings. The second kappa shape index (κ2) is 5.83. The van der Waals surface area contributed by atoms with Crippen LogP contribution in [0.5, 0.6) is 0 Å². The molecule has 0 aliphatic carbocycles. The average molecular weight is 271 g/mol. The third-order valence-corrected chi connectivity index (χ3v) is 2.98. The number of nitrogens with one attached hydrogen (secondary N) is 2. The van der Waals surface area contributed by atoms with E-state index in [1.807, 2.05) is 0 Å². The van der Waals surface area contributed by atoms with Crippen LogP contribution in [0.3, 0.4) is 0 Å². The summed E-state index contributed by atoms with van der Waals surface area (Å²) in [6.45, 7) is 2.15. The van der Waals surface area contributed by atoms with E-state index in [1.165, 1.54) is 6.92 Å². The van der Waals surface area contributed by atoms with E-state index in [9.17, 15) is 13.2 Å². The summed E-state index contributed by atoms with van der Waals surface area (Å²) in [4.78, 5) is 11.3. The summed E-state index contributed by atoms with van der Waals surface area (Å²) in [6, 6.07) is 5.03. The highest BCUT2D eigenvalue weighted by atomic mass is 32.2. The molecule has 0 heterocycles. The van der Waals surface area contributed by atoms with Gasteiger partial charge in [-0.2, -0.15) is 0 Å². The highest BCUT2D eigenvalue weighted by Gasteiger charge is 2.05. The Bertz CT molecular complexity index is 540. The molecule has 0 fully saturated rings. The van der Waals surface area contributed by atoms with E-state index in [2.05, 4.69) is 10.0 Å². The van der Waals surface area contributed by atoms with E-state index >= 15 is 0 Å². The number of carbonyl (C=O) groups excluding carboxylic acids is 1. The van der Waals surface area contributed by atoms with Gasteiger partial charge < -0.3 is 11.1 Å². The summed E-state index contributed by atoms with van der Waals surface area (Å²) in [5, 5.41) is 3.00. The SMILES string of the molecule is CC(=O)c1cc(NCCNS(C)(=O)=O)ccc1N. The summed E-state index contributed by atoms with van der Waals surface area (Å²) >= 11 is 0. The van der Waals surface area contributed by atoms with Crippen molar-refractivity contribution >= 4 is 27.2 Å². The van der Waals surface area contributed by atoms with Crippen molar-refractivity contribution in [3.05, 3.63) is 23.8 Å². The van der Waals surface area contributed by atoms with Crippen molar-refractivity contribution in [2.24, 2.45) is 0 Å². The van der Waals surface area contributed by atoms with Crippen LogP contribution in [0, 0.1) is 0 Å². The highest BCUT2D eigenvalue weighted by molar-refractivity contribution is 7.88. The largest absolute Gasteiger partial charge is 0.398 e. The molecular weight excluding hydrogens is 254 g/mol. The van der Waals surface area contributed by atoms with E-state index in [-0.39, 0.29) is 12.3 Å². The van der Waals surface area contributed by atoms with Gasteiger partial charge in [-0.05, 0) is 25.1 Å². The van der Waals surface area contributed by atoms with Crippen molar-refractivity contribution < 1.29 is 13.2 Å². The van der Waals surface area contributed by atoms with Crippen LogP contribution in [0.4, 0.5) is 11.4 Å². The number of sulfonamides is 1. The summed E-state index contributed by atoms with van der Waals surface area (Å²) in [6.07, 6.45) is 1.10. The second-order valence-corrected chi connectivity index (χ2v) is 5.78. The molecular formula is C11H17N3O3S. The van der Waals surface area contributed by atoms with E-state index in [4.69, 9.17) is 5.73 Å². The zero-order valence-corrected chi connectivity index (χ0v) is 11.2. The van der Waals surface area contributed by atoms with Crippen LogP contribution in [0.2, 0.25) is 0 Å². The monoisotopic (exact) mass is 271 g/mol. The van der Waals surface area contributed by atoms with Gasteiger partial charge in [-0.3, -0.25) is 4.79 Å². The molecule has 0 spiro atoms. The minimum atomic E-state index is -3.17. The Morgan fingerprint density at radius 2 is 2.00 bits per heavy atom. The molecule has 0 bridgehead atoms. The second-order valence-electron chi connectivity index (χ2n) is 3.95. The Balaban J connectivity index is 2.58. The minimum absolute atomic E-state index is 0.106. The number of nitrogen functional groups attached to an aromatic ring is 1. The number of rotatable bonds is 6. The van der Waals surface area contributed by atoms with Crippen LogP contribution >= 0.6 is 0 Å². The average Bonchev–Trinajstić information content (AvgIpc) is 2.24. The zero-order valence-electron chi connectivity index (χ0n) is 10.4. The molecule has 0 aliphatic rings. The fraction of sp³-hybridized carbons (Fsp3) is 0.364. The molecule has 0 atom stereocenters. The number of ketones is 1. The van der Waals surface area contributed by atoms with Crippen molar-refractivity contribution in [3.8, 4) is 0 Å². The first kappa shape index (κ1) is 14.5. The molecule has 0 amide bonds. The normalized spacial score (nSPS) is 11.2. The van der Waals surface area contributed by atoms with Crippen molar-refractivity contribution in [1.82, 2.24) is 4.72 Å². The molecule has 1 rings (SSSR count). The lowest BCUT2D eigenvalue weighted by molar-refractivity contribution is 0.101. The smallest absolute Gasteiger partial charge is 0.208 e. The lowest BCUT2D eigenvalue weighted by Crippen LogP contribution is -2.27. The highest BCUT2D eigenvalue weighted by Crippen LogP contribution is 2.17. The van der Waals surface area contributed by atoms with Crippen molar-refractivity contribution in [3.63, 3.8) is 0 Å². The van der Waals surface area contributed by atoms with E-state index in [1.54, 1.807) is 18.2 Å². The minimum Gasteiger partial charge on any atom is -0.398 e. The molecule has 18 heavy (non-hydrogen) atoms. The van der Waals surface area contributed by atoms with Gasteiger partial charge in [0.15, 0.2) is 5.78 Å². The molecule has 7 heteroatoms. The lowest BCUT2D eigenvalue weighted by atomic mass is 10.1. The number of hydrogen-bond donors (Lipinski definition) is 3. The maximum absolute atomic E-state index is 11.3. The van der Waals surface area contributed by atoms with Crippen molar-refractivity contribution in [2.45, 2.75) is 6.92 Å². The van der Waals surface area contributed by atoms with E-state index in [0.29, 0.717) is 17.8 Å². The first-order chi connectivity index (χ1) is 8.29. The van der Waals surface area contributed by atoms with Crippen molar-refractivity contribution in [1.29, 1.82) is 0 Å². The summed E-state index contributed by atoms with van der Waals surface area (Å²) < 4.78 is 24.0. The summed E-state index contributed by atoms with van der Waals surface area (Å²) in [7, 11) is -3.17. The fourth-order valence-corrected chi connectivity index (χ4v) is 1.89. The number of benzene rings is 1. The Morgan fingerprint density at radius 1 is 1.33 bits per heavy atom. The molecule has 0 saturated carbocycles. The van der Waals surface area contributed by atoms with Gasteiger partial charge >= 0.3 is 0 Å². The van der Waals surface area contributed by atoms with Crippen LogP contribution in [-0.2, 0) is 10.0 Å². The van der Waals surface area contributed by atoms with E-state index in [0.717, 1.165) is 11.9 Å². The number of anilines is 2. The van der Waals surface area contributed by atoms with Crippen LogP contribution in [0.1, 0.15) is 17.3 Å². The molecule has 0 aromatic heterocycles. The van der Waals surface area contributed by atoms with Crippen LogP contribution < -0.4 is 15.8 Å². The van der Waals surface area contributed by atoms with Crippen molar-refractivity contribution in [2.75, 3.05) is 30.4 Å². The Labute approximate surface area is 107 Å². The third-order valence-electron chi connectivity index (χ3n) is 2.25. The van der Waals surface area contributed by atoms with Crippen LogP contribution in [0.15, 0.2) is 18.2 Å². The van der Waals surface area contributed by atoms with Gasteiger partial charge in [0.05, 0.1) is 6.26 Å². The first-order valence-electron chi connectivity index (χ1n) is 5.38. The van der Waals surface area contributed by atoms with Gasteiger partial charge in [0.1, 0.15) is 0 Å². The molecule has 0 unspecified atom stereocenters. The maximum Gasteiger partial charge on any atom is 0.208 e. The van der Waals surface area contributed by atoms with Gasteiger partial charge in [-0.25, -0.2) is 13.1 Å². The van der Waals surface area contributed by atoms with Gasteiger partial charge in [-0.1, -0.05) is 0 Å². The van der Waals surface area contributed by atoms with Gasteiger partial charge in [0, 0.05) is 30.0 Å². The first-order valence-corrected chi connectivity index (χ1v) is 7.28. The molecule has 0 aliphatic heterocycles. The molecule has 6 nitrogen and oxygen atoms in total. The number of hydrogen-bond acceptors (Lipinski definition) is 5. The lowest BCUT2D eigenvalue weighted by Gasteiger charge is -2.09. The van der Waals surface area contributed by atoms with E-state index < -0.39 is 10.0 Å².